The molecule has 2 heterocycles. The molecule has 11 heteroatoms. The molecule has 2 aromatic carbocycles. The van der Waals surface area contributed by atoms with Gasteiger partial charge in [0.1, 0.15) is 16.9 Å². The zero-order chi connectivity index (χ0) is 27.7. The van der Waals surface area contributed by atoms with Crippen LogP contribution in [0, 0.1) is 0 Å². The summed E-state index contributed by atoms with van der Waals surface area (Å²) >= 11 is 19.1. The maximum absolute atomic E-state index is 13.3. The Morgan fingerprint density at radius 1 is 1.05 bits per heavy atom. The molecular formula is C27H29Cl3N6O2. The average Bonchev–Trinajstić information content (AvgIpc) is 3.21. The number of H-pyrrole nitrogens is 1. The normalized spacial score (nSPS) is 11.6. The van der Waals surface area contributed by atoms with Gasteiger partial charge in [0.15, 0.2) is 5.65 Å². The molecule has 0 spiro atoms. The summed E-state index contributed by atoms with van der Waals surface area (Å²) in [5.74, 6) is 0.299. The maximum Gasteiger partial charge on any atom is 0.262 e. The van der Waals surface area contributed by atoms with Gasteiger partial charge in [-0.2, -0.15) is 5.10 Å². The van der Waals surface area contributed by atoms with E-state index in [-0.39, 0.29) is 27.4 Å². The number of halogens is 3. The number of carbonyl (C=O) groups excluding carboxylic acids is 1. The van der Waals surface area contributed by atoms with Crippen molar-refractivity contribution in [3.8, 4) is 5.69 Å². The van der Waals surface area contributed by atoms with E-state index in [2.05, 4.69) is 10.1 Å². The standard InChI is InChI=1S/C27H29Cl3N6O2/c1-15(2)23-22-25(36(33-23)24-19(29)13-18(28)14-20(24)30)31-21(32-26(22)37)12-16-7-6-8-17(11-16)27(38)35(5)10-9-34(3)4/h6-8,11,13-15H,9-10,12H2,1-5H3,(H,31,32,37). The van der Waals surface area contributed by atoms with Crippen molar-refractivity contribution in [1.29, 1.82) is 0 Å². The van der Waals surface area contributed by atoms with Gasteiger partial charge in [-0.25, -0.2) is 9.67 Å². The van der Waals surface area contributed by atoms with Crippen molar-refractivity contribution in [3.05, 3.63) is 84.5 Å². The van der Waals surface area contributed by atoms with Crippen LogP contribution in [0.5, 0.6) is 0 Å². The van der Waals surface area contributed by atoms with Crippen molar-refractivity contribution < 1.29 is 4.79 Å². The van der Waals surface area contributed by atoms with E-state index in [0.29, 0.717) is 51.8 Å². The van der Waals surface area contributed by atoms with E-state index < -0.39 is 0 Å². The number of nitrogens with one attached hydrogen (secondary N) is 1. The Morgan fingerprint density at radius 2 is 1.74 bits per heavy atom. The highest BCUT2D eigenvalue weighted by Crippen LogP contribution is 2.34. The minimum atomic E-state index is -0.309. The third-order valence-corrected chi connectivity index (χ3v) is 6.92. The van der Waals surface area contributed by atoms with Crippen LogP contribution in [0.1, 0.15) is 47.2 Å². The van der Waals surface area contributed by atoms with Crippen molar-refractivity contribution in [2.45, 2.75) is 26.2 Å². The average molecular weight is 576 g/mol. The first-order valence-electron chi connectivity index (χ1n) is 12.1. The predicted molar refractivity (Wildman–Crippen MR) is 153 cm³/mol. The van der Waals surface area contributed by atoms with E-state index >= 15 is 0 Å². The summed E-state index contributed by atoms with van der Waals surface area (Å²) in [7, 11) is 5.72. The Morgan fingerprint density at radius 3 is 2.37 bits per heavy atom. The molecule has 0 aliphatic heterocycles. The molecule has 0 radical (unpaired) electrons. The SMILES string of the molecule is CC(C)c1nn(-c2c(Cl)cc(Cl)cc2Cl)c2nc(Cc3cccc(C(=O)N(C)CCN(C)C)c3)[nH]c(=O)c12. The van der Waals surface area contributed by atoms with Crippen LogP contribution in [0.15, 0.2) is 41.2 Å². The van der Waals surface area contributed by atoms with Gasteiger partial charge in [-0.3, -0.25) is 9.59 Å². The van der Waals surface area contributed by atoms with Crippen LogP contribution in [-0.2, 0) is 6.42 Å². The molecule has 38 heavy (non-hydrogen) atoms. The lowest BCUT2D eigenvalue weighted by Gasteiger charge is -2.20. The molecule has 4 aromatic rings. The highest BCUT2D eigenvalue weighted by Gasteiger charge is 2.23. The molecule has 1 N–H and O–H groups in total. The summed E-state index contributed by atoms with van der Waals surface area (Å²) in [4.78, 5) is 37.6. The number of amides is 1. The smallest absolute Gasteiger partial charge is 0.262 e. The van der Waals surface area contributed by atoms with Crippen molar-refractivity contribution in [2.75, 3.05) is 34.2 Å². The first-order chi connectivity index (χ1) is 18.0. The van der Waals surface area contributed by atoms with Gasteiger partial charge in [0.2, 0.25) is 0 Å². The summed E-state index contributed by atoms with van der Waals surface area (Å²) in [6.45, 7) is 5.27. The Bertz CT molecular complexity index is 1540. The van der Waals surface area contributed by atoms with E-state index in [1.165, 1.54) is 4.68 Å². The molecule has 0 unspecified atom stereocenters. The van der Waals surface area contributed by atoms with Gasteiger partial charge in [-0.15, -0.1) is 0 Å². The summed E-state index contributed by atoms with van der Waals surface area (Å²) in [6, 6.07) is 10.5. The Balaban J connectivity index is 1.75. The maximum atomic E-state index is 13.3. The molecule has 0 aliphatic carbocycles. The van der Waals surface area contributed by atoms with Gasteiger partial charge in [-0.05, 0) is 49.8 Å². The van der Waals surface area contributed by atoms with Gasteiger partial charge in [0.05, 0.1) is 15.7 Å². The lowest BCUT2D eigenvalue weighted by atomic mass is 10.1. The lowest BCUT2D eigenvalue weighted by Crippen LogP contribution is -2.33. The zero-order valence-corrected chi connectivity index (χ0v) is 24.1. The number of aromatic nitrogens is 4. The van der Waals surface area contributed by atoms with Crippen LogP contribution in [0.2, 0.25) is 15.1 Å². The number of nitrogens with zero attached hydrogens (tertiary/aromatic N) is 5. The summed E-state index contributed by atoms with van der Waals surface area (Å²) in [5.41, 5.74) is 2.41. The molecule has 0 fully saturated rings. The fourth-order valence-corrected chi connectivity index (χ4v) is 5.13. The van der Waals surface area contributed by atoms with Gasteiger partial charge in [-0.1, -0.05) is 60.8 Å². The van der Waals surface area contributed by atoms with Crippen LogP contribution >= 0.6 is 34.8 Å². The van der Waals surface area contributed by atoms with Gasteiger partial charge in [0, 0.05) is 37.1 Å². The molecule has 0 aliphatic rings. The number of likely N-dealkylation sites (N-methyl/N-ethyl adjacent to an activating group) is 2. The minimum Gasteiger partial charge on any atom is -0.340 e. The predicted octanol–water partition coefficient (Wildman–Crippen LogP) is 5.42. The Labute approximate surface area is 236 Å². The van der Waals surface area contributed by atoms with Crippen LogP contribution in [0.4, 0.5) is 0 Å². The first-order valence-corrected chi connectivity index (χ1v) is 13.3. The molecule has 0 atom stereocenters. The van der Waals surface area contributed by atoms with E-state index in [0.717, 1.165) is 12.1 Å². The molecule has 8 nitrogen and oxygen atoms in total. The van der Waals surface area contributed by atoms with Crippen molar-refractivity contribution in [3.63, 3.8) is 0 Å². The van der Waals surface area contributed by atoms with Crippen LogP contribution in [0.3, 0.4) is 0 Å². The Hall–Kier alpha value is -2.91. The number of aromatic amines is 1. The van der Waals surface area contributed by atoms with Crippen LogP contribution in [-0.4, -0.2) is 69.7 Å². The van der Waals surface area contributed by atoms with Crippen molar-refractivity contribution in [1.82, 2.24) is 29.5 Å². The summed E-state index contributed by atoms with van der Waals surface area (Å²) in [5, 5.41) is 6.01. The summed E-state index contributed by atoms with van der Waals surface area (Å²) < 4.78 is 1.50. The second-order valence-electron chi connectivity index (χ2n) is 9.79. The molecule has 1 amide bonds. The number of fused-ring (bicyclic) bond motifs is 1. The monoisotopic (exact) mass is 574 g/mol. The topological polar surface area (TPSA) is 87.1 Å². The number of carbonyl (C=O) groups is 1. The first kappa shape index (κ1) is 28.1. The zero-order valence-electron chi connectivity index (χ0n) is 21.8. The fourth-order valence-electron chi connectivity index (χ4n) is 4.16. The van der Waals surface area contributed by atoms with Crippen molar-refractivity contribution in [2.24, 2.45) is 0 Å². The van der Waals surface area contributed by atoms with E-state index in [9.17, 15) is 9.59 Å². The van der Waals surface area contributed by atoms with E-state index in [4.69, 9.17) is 39.8 Å². The lowest BCUT2D eigenvalue weighted by molar-refractivity contribution is 0.0786. The Kier molecular flexibility index (Phi) is 8.47. The van der Waals surface area contributed by atoms with Gasteiger partial charge in [0.25, 0.3) is 11.5 Å². The van der Waals surface area contributed by atoms with Crippen LogP contribution < -0.4 is 5.56 Å². The minimum absolute atomic E-state index is 0.0514. The number of hydrogen-bond donors (Lipinski definition) is 1. The molecule has 0 saturated heterocycles. The van der Waals surface area contributed by atoms with Crippen LogP contribution in [0.25, 0.3) is 16.7 Å². The highest BCUT2D eigenvalue weighted by molar-refractivity contribution is 6.40. The second-order valence-corrected chi connectivity index (χ2v) is 11.0. The number of benzene rings is 2. The second kappa shape index (κ2) is 11.5. The third-order valence-electron chi connectivity index (χ3n) is 6.13. The number of hydrogen-bond acceptors (Lipinski definition) is 5. The molecule has 2 aromatic heterocycles. The van der Waals surface area contributed by atoms with Gasteiger partial charge >= 0.3 is 0 Å². The number of rotatable bonds is 8. The molecule has 200 valence electrons. The largest absolute Gasteiger partial charge is 0.340 e. The third kappa shape index (κ3) is 5.89. The van der Waals surface area contributed by atoms with E-state index in [1.54, 1.807) is 30.1 Å². The molecule has 0 saturated carbocycles. The fraction of sp³-hybridized carbons (Fsp3) is 0.333. The summed E-state index contributed by atoms with van der Waals surface area (Å²) in [6.07, 6.45) is 0.304. The highest BCUT2D eigenvalue weighted by atomic mass is 35.5. The quantitative estimate of drug-likeness (QED) is 0.303. The molecule has 4 rings (SSSR count). The molecule has 0 bridgehead atoms. The van der Waals surface area contributed by atoms with Gasteiger partial charge < -0.3 is 14.8 Å². The van der Waals surface area contributed by atoms with E-state index in [1.807, 2.05) is 51.0 Å². The molecular weight excluding hydrogens is 547 g/mol. The van der Waals surface area contributed by atoms with Crippen molar-refractivity contribution >= 4 is 51.7 Å².